The van der Waals surface area contributed by atoms with Crippen LogP contribution in [0.4, 0.5) is 0 Å². The predicted octanol–water partition coefficient (Wildman–Crippen LogP) is 5.83. The number of ether oxygens (including phenoxy) is 1. The summed E-state index contributed by atoms with van der Waals surface area (Å²) in [5.41, 5.74) is 9.29. The fourth-order valence-corrected chi connectivity index (χ4v) is 5.51. The first-order chi connectivity index (χ1) is 18.4. The topological polar surface area (TPSA) is 71.6 Å². The molecule has 2 unspecified atom stereocenters. The number of aliphatic hydroxyl groups is 1. The number of nitrogens with two attached hydrogens (primary N) is 1. The van der Waals surface area contributed by atoms with Crippen LogP contribution < -0.4 is 10.5 Å². The van der Waals surface area contributed by atoms with Crippen molar-refractivity contribution in [3.05, 3.63) is 119 Å². The SMILES string of the molecule is COc1nc2ccc(CN)cc2cc1C(c1ccccc1)C(O)(CCN(C)C)c1cccc2ccccc12. The van der Waals surface area contributed by atoms with E-state index in [9.17, 15) is 5.11 Å². The summed E-state index contributed by atoms with van der Waals surface area (Å²) >= 11 is 0. The minimum absolute atomic E-state index is 0.442. The second-order valence-electron chi connectivity index (χ2n) is 10.2. The van der Waals surface area contributed by atoms with Crippen LogP contribution in [0.25, 0.3) is 21.7 Å². The van der Waals surface area contributed by atoms with E-state index < -0.39 is 11.5 Å². The molecule has 5 nitrogen and oxygen atoms in total. The van der Waals surface area contributed by atoms with Crippen molar-refractivity contribution in [2.75, 3.05) is 27.7 Å². The Morgan fingerprint density at radius 3 is 2.37 bits per heavy atom. The maximum absolute atomic E-state index is 13.1. The average Bonchev–Trinajstić information content (AvgIpc) is 2.95. The van der Waals surface area contributed by atoms with Crippen molar-refractivity contribution in [2.24, 2.45) is 5.73 Å². The summed E-state index contributed by atoms with van der Waals surface area (Å²) in [7, 11) is 5.71. The van der Waals surface area contributed by atoms with Crippen LogP contribution in [0, 0.1) is 0 Å². The molecule has 1 aromatic heterocycles. The molecule has 5 rings (SSSR count). The monoisotopic (exact) mass is 505 g/mol. The first-order valence-electron chi connectivity index (χ1n) is 13.0. The van der Waals surface area contributed by atoms with Gasteiger partial charge in [0.15, 0.2) is 0 Å². The summed E-state index contributed by atoms with van der Waals surface area (Å²) in [6.45, 7) is 1.14. The molecule has 0 amide bonds. The molecular formula is C33H35N3O2. The van der Waals surface area contributed by atoms with E-state index in [-0.39, 0.29) is 0 Å². The molecule has 0 fully saturated rings. The van der Waals surface area contributed by atoms with Crippen LogP contribution in [-0.2, 0) is 12.1 Å². The minimum atomic E-state index is -1.26. The average molecular weight is 506 g/mol. The van der Waals surface area contributed by atoms with Gasteiger partial charge in [-0.3, -0.25) is 0 Å². The third kappa shape index (κ3) is 4.88. The van der Waals surface area contributed by atoms with E-state index >= 15 is 0 Å². The highest BCUT2D eigenvalue weighted by molar-refractivity contribution is 5.87. The van der Waals surface area contributed by atoms with Gasteiger partial charge in [-0.2, -0.15) is 0 Å². The number of benzene rings is 4. The summed E-state index contributed by atoms with van der Waals surface area (Å²) in [6.07, 6.45) is 0.512. The molecule has 5 aromatic rings. The third-order valence-corrected chi connectivity index (χ3v) is 7.42. The number of methoxy groups -OCH3 is 1. The molecule has 4 aromatic carbocycles. The van der Waals surface area contributed by atoms with Gasteiger partial charge in [0.2, 0.25) is 5.88 Å². The van der Waals surface area contributed by atoms with Gasteiger partial charge in [0.25, 0.3) is 0 Å². The van der Waals surface area contributed by atoms with Gasteiger partial charge in [-0.15, -0.1) is 0 Å². The zero-order chi connectivity index (χ0) is 26.7. The Bertz CT molecular complexity index is 1550. The Kier molecular flexibility index (Phi) is 7.43. The quantitative estimate of drug-likeness (QED) is 0.264. The maximum atomic E-state index is 13.1. The first kappa shape index (κ1) is 25.9. The summed E-state index contributed by atoms with van der Waals surface area (Å²) < 4.78 is 5.90. The molecule has 0 radical (unpaired) electrons. The van der Waals surface area contributed by atoms with Crippen LogP contribution in [-0.4, -0.2) is 42.7 Å². The molecule has 194 valence electrons. The number of fused-ring (bicyclic) bond motifs is 2. The summed E-state index contributed by atoms with van der Waals surface area (Å²) in [5, 5.41) is 16.2. The van der Waals surface area contributed by atoms with Crippen molar-refractivity contribution in [1.29, 1.82) is 0 Å². The second kappa shape index (κ2) is 10.9. The third-order valence-electron chi connectivity index (χ3n) is 7.42. The van der Waals surface area contributed by atoms with Crippen molar-refractivity contribution < 1.29 is 9.84 Å². The van der Waals surface area contributed by atoms with Crippen molar-refractivity contribution in [2.45, 2.75) is 24.5 Å². The molecule has 0 bridgehead atoms. The molecule has 0 aliphatic rings. The smallest absolute Gasteiger partial charge is 0.217 e. The Labute approximate surface area is 224 Å². The molecule has 38 heavy (non-hydrogen) atoms. The Morgan fingerprint density at radius 2 is 1.63 bits per heavy atom. The van der Waals surface area contributed by atoms with Gasteiger partial charge < -0.3 is 20.5 Å². The Hall–Kier alpha value is -3.77. The number of rotatable bonds is 9. The highest BCUT2D eigenvalue weighted by atomic mass is 16.5. The van der Waals surface area contributed by atoms with Crippen LogP contribution in [0.1, 0.15) is 34.6 Å². The van der Waals surface area contributed by atoms with E-state index in [0.29, 0.717) is 25.4 Å². The zero-order valence-electron chi connectivity index (χ0n) is 22.3. The van der Waals surface area contributed by atoms with Gasteiger partial charge in [0, 0.05) is 30.0 Å². The number of hydrogen-bond donors (Lipinski definition) is 2. The van der Waals surface area contributed by atoms with Crippen molar-refractivity contribution in [1.82, 2.24) is 9.88 Å². The van der Waals surface area contributed by atoms with Crippen molar-refractivity contribution in [3.63, 3.8) is 0 Å². The van der Waals surface area contributed by atoms with Crippen molar-refractivity contribution >= 4 is 21.7 Å². The van der Waals surface area contributed by atoms with E-state index in [1.54, 1.807) is 7.11 Å². The van der Waals surface area contributed by atoms with Crippen LogP contribution >= 0.6 is 0 Å². The van der Waals surface area contributed by atoms with Crippen LogP contribution in [0.2, 0.25) is 0 Å². The van der Waals surface area contributed by atoms with E-state index in [2.05, 4.69) is 53.4 Å². The lowest BCUT2D eigenvalue weighted by Gasteiger charge is -2.39. The molecule has 0 saturated heterocycles. The second-order valence-corrected chi connectivity index (χ2v) is 10.2. The maximum Gasteiger partial charge on any atom is 0.217 e. The highest BCUT2D eigenvalue weighted by Gasteiger charge is 2.43. The van der Waals surface area contributed by atoms with Crippen LogP contribution in [0.3, 0.4) is 0 Å². The Morgan fingerprint density at radius 1 is 0.895 bits per heavy atom. The standard InChI is InChI=1S/C33H35N3O2/c1-36(2)19-18-33(37,29-15-9-13-24-10-7-8-14-27(24)29)31(25-11-5-4-6-12-25)28-21-26-20-23(22-34)16-17-30(26)35-32(28)38-3/h4-17,20-21,31,37H,18-19,22,34H2,1-3H3. The molecule has 0 aliphatic carbocycles. The lowest BCUT2D eigenvalue weighted by atomic mass is 9.70. The fraction of sp³-hybridized carbons (Fsp3) is 0.242. The number of hydrogen-bond acceptors (Lipinski definition) is 5. The number of aromatic nitrogens is 1. The predicted molar refractivity (Wildman–Crippen MR) is 155 cm³/mol. The molecule has 0 saturated carbocycles. The van der Waals surface area contributed by atoms with E-state index in [1.165, 1.54) is 0 Å². The lowest BCUT2D eigenvalue weighted by molar-refractivity contribution is 0.00520. The van der Waals surface area contributed by atoms with Gasteiger partial charge >= 0.3 is 0 Å². The van der Waals surface area contributed by atoms with Crippen molar-refractivity contribution in [3.8, 4) is 5.88 Å². The van der Waals surface area contributed by atoms with E-state index in [0.717, 1.165) is 43.9 Å². The molecule has 0 spiro atoms. The lowest BCUT2D eigenvalue weighted by Crippen LogP contribution is -2.38. The fourth-order valence-electron chi connectivity index (χ4n) is 5.51. The van der Waals surface area contributed by atoms with Gasteiger partial charge in [-0.1, -0.05) is 78.9 Å². The first-order valence-corrected chi connectivity index (χ1v) is 13.0. The molecule has 5 heteroatoms. The summed E-state index contributed by atoms with van der Waals surface area (Å²) in [4.78, 5) is 7.01. The van der Waals surface area contributed by atoms with Crippen LogP contribution in [0.5, 0.6) is 5.88 Å². The van der Waals surface area contributed by atoms with E-state index in [1.807, 2.05) is 62.6 Å². The number of pyridine rings is 1. The largest absolute Gasteiger partial charge is 0.481 e. The molecule has 2 atom stereocenters. The minimum Gasteiger partial charge on any atom is -0.481 e. The highest BCUT2D eigenvalue weighted by Crippen LogP contribution is 2.48. The summed E-state index contributed by atoms with van der Waals surface area (Å²) in [6, 6.07) is 32.8. The molecule has 0 aliphatic heterocycles. The molecule has 1 heterocycles. The van der Waals surface area contributed by atoms with Gasteiger partial charge in [0.1, 0.15) is 5.60 Å². The van der Waals surface area contributed by atoms with E-state index in [4.69, 9.17) is 15.5 Å². The molecular weight excluding hydrogens is 470 g/mol. The summed E-state index contributed by atoms with van der Waals surface area (Å²) in [5.74, 6) is 0.0678. The molecule has 3 N–H and O–H groups in total. The van der Waals surface area contributed by atoms with Crippen LogP contribution in [0.15, 0.2) is 97.1 Å². The normalized spacial score (nSPS) is 14.1. The number of nitrogens with zero attached hydrogens (tertiary/aromatic N) is 2. The van der Waals surface area contributed by atoms with Gasteiger partial charge in [0.05, 0.1) is 12.6 Å². The zero-order valence-corrected chi connectivity index (χ0v) is 22.3. The Balaban J connectivity index is 1.83. The van der Waals surface area contributed by atoms with Gasteiger partial charge in [-0.05, 0) is 66.2 Å². The van der Waals surface area contributed by atoms with Gasteiger partial charge in [-0.25, -0.2) is 4.98 Å².